The topological polar surface area (TPSA) is 53.5 Å². The van der Waals surface area contributed by atoms with Gasteiger partial charge in [-0.05, 0) is 38.8 Å². The molecule has 3 rings (SSSR count). The Morgan fingerprint density at radius 1 is 1.05 bits per heavy atom. The summed E-state index contributed by atoms with van der Waals surface area (Å²) in [6.45, 7) is 1.82. The van der Waals surface area contributed by atoms with Gasteiger partial charge in [0.05, 0.1) is 0 Å². The van der Waals surface area contributed by atoms with Crippen molar-refractivity contribution in [1.82, 2.24) is 10.6 Å². The average Bonchev–Trinajstić information content (AvgIpc) is 2.69. The number of amides is 1. The van der Waals surface area contributed by atoms with Crippen LogP contribution in [0, 0.1) is 5.92 Å². The van der Waals surface area contributed by atoms with Gasteiger partial charge in [0, 0.05) is 5.92 Å². The van der Waals surface area contributed by atoms with E-state index in [0.29, 0.717) is 5.92 Å². The fraction of sp³-hybridized carbons (Fsp3) is 0.846. The molecule has 1 spiro atoms. The Balaban J connectivity index is 0.000000902. The maximum Gasteiger partial charge on any atom is 0.253 e. The Morgan fingerprint density at radius 3 is 2.32 bits per heavy atom. The quantitative estimate of drug-likeness (QED) is 0.779. The standard InChI is InChI=1S/C13H21N3O.2ClH/c17-12-13(6-8-14-9-7-13)16-11(15-12)10-4-2-1-3-5-10;;/h10,14H,1-9H2,(H,15,16,17);2*1H. The SMILES string of the molecule is Cl.Cl.O=C1NC(C2CCCCC2)=NC12CCNCC2. The van der Waals surface area contributed by atoms with Crippen LogP contribution in [0.4, 0.5) is 0 Å². The normalized spacial score (nSPS) is 26.1. The number of piperidine rings is 1. The number of carbonyl (C=O) groups is 1. The summed E-state index contributed by atoms with van der Waals surface area (Å²) < 4.78 is 0. The Morgan fingerprint density at radius 2 is 1.68 bits per heavy atom. The zero-order valence-corrected chi connectivity index (χ0v) is 12.7. The van der Waals surface area contributed by atoms with Crippen LogP contribution in [-0.4, -0.2) is 30.4 Å². The van der Waals surface area contributed by atoms with E-state index in [0.717, 1.165) is 31.8 Å². The van der Waals surface area contributed by atoms with Gasteiger partial charge < -0.3 is 10.6 Å². The molecule has 19 heavy (non-hydrogen) atoms. The number of halogens is 2. The highest BCUT2D eigenvalue weighted by Gasteiger charge is 2.45. The molecule has 0 aromatic rings. The highest BCUT2D eigenvalue weighted by atomic mass is 35.5. The van der Waals surface area contributed by atoms with Crippen LogP contribution in [0.5, 0.6) is 0 Å². The molecule has 2 fully saturated rings. The Bertz CT molecular complexity index is 348. The lowest BCUT2D eigenvalue weighted by atomic mass is 9.88. The van der Waals surface area contributed by atoms with Crippen molar-refractivity contribution < 1.29 is 4.79 Å². The van der Waals surface area contributed by atoms with Gasteiger partial charge >= 0.3 is 0 Å². The molecular weight excluding hydrogens is 285 g/mol. The lowest BCUT2D eigenvalue weighted by molar-refractivity contribution is -0.124. The van der Waals surface area contributed by atoms with Crippen molar-refractivity contribution in [3.63, 3.8) is 0 Å². The van der Waals surface area contributed by atoms with Crippen molar-refractivity contribution in [3.8, 4) is 0 Å². The van der Waals surface area contributed by atoms with Crippen LogP contribution in [0.25, 0.3) is 0 Å². The molecule has 2 heterocycles. The van der Waals surface area contributed by atoms with Gasteiger partial charge in [0.2, 0.25) is 0 Å². The third-order valence-electron chi connectivity index (χ3n) is 4.42. The van der Waals surface area contributed by atoms with Crippen LogP contribution in [0.15, 0.2) is 4.99 Å². The molecule has 0 bridgehead atoms. The summed E-state index contributed by atoms with van der Waals surface area (Å²) >= 11 is 0. The number of hydrogen-bond acceptors (Lipinski definition) is 3. The summed E-state index contributed by atoms with van der Waals surface area (Å²) in [7, 11) is 0. The van der Waals surface area contributed by atoms with Crippen LogP contribution >= 0.6 is 24.8 Å². The van der Waals surface area contributed by atoms with Crippen LogP contribution in [0.1, 0.15) is 44.9 Å². The minimum absolute atomic E-state index is 0. The molecule has 2 aliphatic heterocycles. The van der Waals surface area contributed by atoms with Gasteiger partial charge in [0.1, 0.15) is 11.4 Å². The average molecular weight is 308 g/mol. The molecule has 1 saturated heterocycles. The summed E-state index contributed by atoms with van der Waals surface area (Å²) in [4.78, 5) is 17.0. The van der Waals surface area contributed by atoms with E-state index in [1.165, 1.54) is 32.1 Å². The van der Waals surface area contributed by atoms with Crippen molar-refractivity contribution in [2.24, 2.45) is 10.9 Å². The first kappa shape index (κ1) is 16.7. The van der Waals surface area contributed by atoms with Crippen molar-refractivity contribution >= 4 is 36.6 Å². The zero-order valence-electron chi connectivity index (χ0n) is 11.1. The van der Waals surface area contributed by atoms with Crippen molar-refractivity contribution in [3.05, 3.63) is 0 Å². The van der Waals surface area contributed by atoms with Gasteiger partial charge in [-0.3, -0.25) is 9.79 Å². The van der Waals surface area contributed by atoms with Gasteiger partial charge in [-0.1, -0.05) is 19.3 Å². The zero-order chi connectivity index (χ0) is 11.7. The monoisotopic (exact) mass is 307 g/mol. The molecule has 0 radical (unpaired) electrons. The van der Waals surface area contributed by atoms with Gasteiger partial charge in [-0.2, -0.15) is 0 Å². The summed E-state index contributed by atoms with van der Waals surface area (Å²) in [6.07, 6.45) is 8.03. The summed E-state index contributed by atoms with van der Waals surface area (Å²) in [5.74, 6) is 1.66. The second kappa shape index (κ2) is 6.91. The number of aliphatic imine (C=N–C) groups is 1. The second-order valence-electron chi connectivity index (χ2n) is 5.57. The summed E-state index contributed by atoms with van der Waals surface area (Å²) in [6, 6.07) is 0. The molecule has 0 aromatic carbocycles. The van der Waals surface area contributed by atoms with Crippen molar-refractivity contribution in [2.45, 2.75) is 50.5 Å². The molecule has 6 heteroatoms. The predicted octanol–water partition coefficient (Wildman–Crippen LogP) is 2.06. The van der Waals surface area contributed by atoms with Gasteiger partial charge in [0.25, 0.3) is 5.91 Å². The van der Waals surface area contributed by atoms with E-state index < -0.39 is 5.54 Å². The number of carbonyl (C=O) groups excluding carboxylic acids is 1. The van der Waals surface area contributed by atoms with E-state index in [2.05, 4.69) is 10.6 Å². The molecule has 1 aliphatic carbocycles. The maximum absolute atomic E-state index is 12.2. The predicted molar refractivity (Wildman–Crippen MR) is 81.5 cm³/mol. The molecule has 110 valence electrons. The lowest BCUT2D eigenvalue weighted by Gasteiger charge is -2.28. The van der Waals surface area contributed by atoms with E-state index in [9.17, 15) is 4.79 Å². The van der Waals surface area contributed by atoms with E-state index in [1.54, 1.807) is 0 Å². The first-order valence-corrected chi connectivity index (χ1v) is 6.92. The largest absolute Gasteiger partial charge is 0.317 e. The Kier molecular flexibility index (Phi) is 6.09. The summed E-state index contributed by atoms with van der Waals surface area (Å²) in [5, 5.41) is 6.37. The van der Waals surface area contributed by atoms with Gasteiger partial charge in [0.15, 0.2) is 0 Å². The first-order valence-electron chi connectivity index (χ1n) is 6.92. The maximum atomic E-state index is 12.2. The Hall–Kier alpha value is -0.320. The van der Waals surface area contributed by atoms with E-state index >= 15 is 0 Å². The number of hydrogen-bond donors (Lipinski definition) is 2. The molecular formula is C13H23Cl2N3O. The van der Waals surface area contributed by atoms with Crippen molar-refractivity contribution in [2.75, 3.05) is 13.1 Å². The highest BCUT2D eigenvalue weighted by molar-refractivity contribution is 6.09. The van der Waals surface area contributed by atoms with Crippen LogP contribution in [0.2, 0.25) is 0 Å². The summed E-state index contributed by atoms with van der Waals surface area (Å²) in [5.41, 5.74) is -0.419. The second-order valence-corrected chi connectivity index (χ2v) is 5.57. The third-order valence-corrected chi connectivity index (χ3v) is 4.42. The van der Waals surface area contributed by atoms with Crippen molar-refractivity contribution in [1.29, 1.82) is 0 Å². The number of nitrogens with one attached hydrogen (secondary N) is 2. The molecule has 0 aromatic heterocycles. The minimum Gasteiger partial charge on any atom is -0.317 e. The van der Waals surface area contributed by atoms with Crippen LogP contribution in [-0.2, 0) is 4.79 Å². The fourth-order valence-corrected chi connectivity index (χ4v) is 3.29. The molecule has 1 amide bonds. The lowest BCUT2D eigenvalue weighted by Crippen LogP contribution is -2.47. The first-order chi connectivity index (χ1) is 8.30. The highest BCUT2D eigenvalue weighted by Crippen LogP contribution is 2.32. The molecule has 0 unspecified atom stereocenters. The Labute approximate surface area is 127 Å². The van der Waals surface area contributed by atoms with E-state index in [1.807, 2.05) is 0 Å². The van der Waals surface area contributed by atoms with Gasteiger partial charge in [-0.25, -0.2) is 0 Å². The molecule has 0 atom stereocenters. The van der Waals surface area contributed by atoms with Crippen LogP contribution < -0.4 is 10.6 Å². The van der Waals surface area contributed by atoms with Gasteiger partial charge in [-0.15, -0.1) is 24.8 Å². The smallest absolute Gasteiger partial charge is 0.253 e. The van der Waals surface area contributed by atoms with E-state index in [-0.39, 0.29) is 30.7 Å². The third kappa shape index (κ3) is 3.23. The minimum atomic E-state index is -0.419. The number of rotatable bonds is 1. The number of amidine groups is 1. The van der Waals surface area contributed by atoms with Crippen LogP contribution in [0.3, 0.4) is 0 Å². The molecule has 2 N–H and O–H groups in total. The number of nitrogens with zero attached hydrogens (tertiary/aromatic N) is 1. The molecule has 3 aliphatic rings. The molecule has 1 saturated carbocycles. The van der Waals surface area contributed by atoms with E-state index in [4.69, 9.17) is 4.99 Å². The fourth-order valence-electron chi connectivity index (χ4n) is 3.29. The molecule has 4 nitrogen and oxygen atoms in total.